The number of carbonyl (C=O) groups excluding carboxylic acids is 1. The molecule has 4 heteroatoms. The Bertz CT molecular complexity index is 1130. The third-order valence-corrected chi connectivity index (χ3v) is 4.90. The largest absolute Gasteiger partial charge is 0.484 e. The second kappa shape index (κ2) is 5.92. The van der Waals surface area contributed by atoms with Crippen LogP contribution in [0, 0.1) is 0 Å². The van der Waals surface area contributed by atoms with Gasteiger partial charge in [-0.05, 0) is 42.3 Å². The lowest BCUT2D eigenvalue weighted by atomic mass is 10.1. The number of hydrogen-bond donors (Lipinski definition) is 0. The van der Waals surface area contributed by atoms with E-state index < -0.39 is 0 Å². The van der Waals surface area contributed by atoms with Gasteiger partial charge in [-0.15, -0.1) is 0 Å². The van der Waals surface area contributed by atoms with Crippen molar-refractivity contribution in [3.05, 3.63) is 72.3 Å². The first-order valence-corrected chi connectivity index (χ1v) is 8.72. The van der Waals surface area contributed by atoms with Gasteiger partial charge in [-0.3, -0.25) is 4.79 Å². The summed E-state index contributed by atoms with van der Waals surface area (Å²) in [5.74, 6) is 0.650. The molecule has 0 aliphatic carbocycles. The fourth-order valence-corrected chi connectivity index (χ4v) is 3.62. The summed E-state index contributed by atoms with van der Waals surface area (Å²) in [6, 6.07) is 21.6. The fraction of sp³-hybridized carbons (Fsp3) is 0.136. The van der Waals surface area contributed by atoms with Gasteiger partial charge < -0.3 is 14.1 Å². The van der Waals surface area contributed by atoms with Gasteiger partial charge in [-0.25, -0.2) is 0 Å². The van der Waals surface area contributed by atoms with Crippen LogP contribution in [0.1, 0.15) is 5.56 Å². The van der Waals surface area contributed by atoms with Crippen molar-refractivity contribution in [2.75, 3.05) is 18.1 Å². The van der Waals surface area contributed by atoms with Gasteiger partial charge in [0.2, 0.25) is 0 Å². The molecule has 0 saturated carbocycles. The van der Waals surface area contributed by atoms with Crippen LogP contribution in [0.15, 0.2) is 71.1 Å². The Labute approximate surface area is 150 Å². The van der Waals surface area contributed by atoms with Gasteiger partial charge in [0, 0.05) is 23.0 Å². The maximum absolute atomic E-state index is 12.6. The normalized spacial score (nSPS) is 13.3. The van der Waals surface area contributed by atoms with E-state index in [-0.39, 0.29) is 12.5 Å². The smallest absolute Gasteiger partial charge is 0.264 e. The second-order valence-corrected chi connectivity index (χ2v) is 6.47. The van der Waals surface area contributed by atoms with E-state index in [9.17, 15) is 4.79 Å². The molecule has 1 amide bonds. The topological polar surface area (TPSA) is 42.7 Å². The van der Waals surface area contributed by atoms with Crippen molar-refractivity contribution in [1.29, 1.82) is 0 Å². The van der Waals surface area contributed by atoms with Crippen LogP contribution < -0.4 is 9.64 Å². The highest BCUT2D eigenvalue weighted by molar-refractivity contribution is 6.05. The first-order valence-electron chi connectivity index (χ1n) is 8.72. The van der Waals surface area contributed by atoms with Crippen molar-refractivity contribution >= 4 is 33.5 Å². The molecule has 1 aliphatic rings. The monoisotopic (exact) mass is 343 g/mol. The molecule has 26 heavy (non-hydrogen) atoms. The van der Waals surface area contributed by atoms with Crippen LogP contribution in [0.4, 0.5) is 5.69 Å². The number of amides is 1. The average Bonchev–Trinajstić information content (AvgIpc) is 3.27. The zero-order valence-corrected chi connectivity index (χ0v) is 14.1. The van der Waals surface area contributed by atoms with Gasteiger partial charge in [-0.1, -0.05) is 36.4 Å². The highest BCUT2D eigenvalue weighted by Gasteiger charge is 2.24. The molecule has 4 aromatic rings. The van der Waals surface area contributed by atoms with Crippen LogP contribution in [0.2, 0.25) is 0 Å². The number of furan rings is 1. The third kappa shape index (κ3) is 2.42. The Morgan fingerprint density at radius 1 is 0.962 bits per heavy atom. The number of anilines is 1. The molecular formula is C22H17NO3. The molecule has 1 aliphatic heterocycles. The van der Waals surface area contributed by atoms with Crippen molar-refractivity contribution in [1.82, 2.24) is 0 Å². The van der Waals surface area contributed by atoms with Crippen LogP contribution in [-0.2, 0) is 11.2 Å². The molecule has 0 N–H and O–H groups in total. The van der Waals surface area contributed by atoms with Crippen molar-refractivity contribution in [3.8, 4) is 5.75 Å². The van der Waals surface area contributed by atoms with E-state index in [0.717, 1.165) is 34.0 Å². The van der Waals surface area contributed by atoms with E-state index in [0.29, 0.717) is 12.3 Å². The van der Waals surface area contributed by atoms with E-state index in [1.807, 2.05) is 60.7 Å². The maximum Gasteiger partial charge on any atom is 0.264 e. The molecule has 0 atom stereocenters. The van der Waals surface area contributed by atoms with Gasteiger partial charge in [0.05, 0.1) is 0 Å². The summed E-state index contributed by atoms with van der Waals surface area (Å²) in [5, 5.41) is 2.05. The summed E-state index contributed by atoms with van der Waals surface area (Å²) in [4.78, 5) is 14.4. The van der Waals surface area contributed by atoms with Gasteiger partial charge in [0.15, 0.2) is 6.61 Å². The van der Waals surface area contributed by atoms with Gasteiger partial charge in [-0.2, -0.15) is 0 Å². The van der Waals surface area contributed by atoms with E-state index in [1.165, 1.54) is 5.56 Å². The van der Waals surface area contributed by atoms with Crippen LogP contribution in [0.25, 0.3) is 21.9 Å². The van der Waals surface area contributed by atoms with Crippen molar-refractivity contribution < 1.29 is 13.9 Å². The molecule has 128 valence electrons. The Morgan fingerprint density at radius 3 is 2.73 bits per heavy atom. The van der Waals surface area contributed by atoms with E-state index in [1.54, 1.807) is 4.90 Å². The molecule has 3 aromatic carbocycles. The highest BCUT2D eigenvalue weighted by Crippen LogP contribution is 2.31. The summed E-state index contributed by atoms with van der Waals surface area (Å²) < 4.78 is 11.6. The lowest BCUT2D eigenvalue weighted by Crippen LogP contribution is -2.33. The van der Waals surface area contributed by atoms with Crippen molar-refractivity contribution in [2.45, 2.75) is 6.42 Å². The minimum Gasteiger partial charge on any atom is -0.484 e. The first-order chi connectivity index (χ1) is 12.8. The number of ether oxygens (including phenoxy) is 1. The van der Waals surface area contributed by atoms with Crippen LogP contribution >= 0.6 is 0 Å². The number of fused-ring (bicyclic) bond motifs is 4. The minimum absolute atomic E-state index is 0.0212. The Kier molecular flexibility index (Phi) is 3.42. The van der Waals surface area contributed by atoms with Gasteiger partial charge in [0.1, 0.15) is 16.9 Å². The quantitative estimate of drug-likeness (QED) is 0.548. The molecule has 5 rings (SSSR count). The van der Waals surface area contributed by atoms with Gasteiger partial charge in [0.25, 0.3) is 5.91 Å². The van der Waals surface area contributed by atoms with Crippen LogP contribution in [0.5, 0.6) is 5.75 Å². The summed E-state index contributed by atoms with van der Waals surface area (Å²) in [5.41, 5.74) is 3.88. The van der Waals surface area contributed by atoms with E-state index in [2.05, 4.69) is 6.07 Å². The summed E-state index contributed by atoms with van der Waals surface area (Å²) >= 11 is 0. The predicted molar refractivity (Wildman–Crippen MR) is 102 cm³/mol. The molecule has 0 radical (unpaired) electrons. The number of carbonyl (C=O) groups is 1. The summed E-state index contributed by atoms with van der Waals surface area (Å²) in [6.07, 6.45) is 0.898. The fourth-order valence-electron chi connectivity index (χ4n) is 3.62. The van der Waals surface area contributed by atoms with E-state index >= 15 is 0 Å². The van der Waals surface area contributed by atoms with Gasteiger partial charge >= 0.3 is 0 Å². The summed E-state index contributed by atoms with van der Waals surface area (Å²) in [6.45, 7) is 0.739. The first kappa shape index (κ1) is 15.0. The second-order valence-electron chi connectivity index (χ2n) is 6.47. The Morgan fingerprint density at radius 2 is 1.77 bits per heavy atom. The lowest BCUT2D eigenvalue weighted by Gasteiger charge is -2.17. The molecule has 0 unspecified atom stereocenters. The molecule has 0 saturated heterocycles. The predicted octanol–water partition coefficient (Wildman–Crippen LogP) is 4.55. The third-order valence-electron chi connectivity index (χ3n) is 4.90. The van der Waals surface area contributed by atoms with Crippen molar-refractivity contribution in [2.24, 2.45) is 0 Å². The molecular weight excluding hydrogens is 326 g/mol. The number of nitrogens with zero attached hydrogens (tertiary/aromatic N) is 1. The average molecular weight is 343 g/mol. The maximum atomic E-state index is 12.6. The zero-order chi connectivity index (χ0) is 17.5. The number of rotatable bonds is 3. The Hall–Kier alpha value is -3.27. The number of hydrogen-bond acceptors (Lipinski definition) is 3. The molecule has 0 spiro atoms. The zero-order valence-electron chi connectivity index (χ0n) is 14.1. The lowest BCUT2D eigenvalue weighted by molar-refractivity contribution is -0.120. The summed E-state index contributed by atoms with van der Waals surface area (Å²) in [7, 11) is 0. The number of benzene rings is 3. The molecule has 2 heterocycles. The van der Waals surface area contributed by atoms with Crippen molar-refractivity contribution in [3.63, 3.8) is 0 Å². The molecule has 1 aromatic heterocycles. The molecule has 4 nitrogen and oxygen atoms in total. The standard InChI is InChI=1S/C22H17NO3/c24-22(23-12-11-15-5-1-3-7-19(15)23)14-25-16-9-10-21-18(13-16)17-6-2-4-8-20(17)26-21/h1-10,13H,11-12,14H2. The minimum atomic E-state index is -0.0212. The Balaban J connectivity index is 1.37. The highest BCUT2D eigenvalue weighted by atomic mass is 16.5. The number of para-hydroxylation sites is 2. The van der Waals surface area contributed by atoms with Crippen LogP contribution in [0.3, 0.4) is 0 Å². The van der Waals surface area contributed by atoms with Crippen LogP contribution in [-0.4, -0.2) is 19.1 Å². The molecule has 0 fully saturated rings. The SMILES string of the molecule is O=C(COc1ccc2oc3ccccc3c2c1)N1CCc2ccccc21. The van der Waals surface area contributed by atoms with E-state index in [4.69, 9.17) is 9.15 Å². The molecule has 0 bridgehead atoms.